The molecule has 0 fully saturated rings. The van der Waals surface area contributed by atoms with Crippen LogP contribution in [0.2, 0.25) is 0 Å². The summed E-state index contributed by atoms with van der Waals surface area (Å²) in [4.78, 5) is 11.2. The third kappa shape index (κ3) is 4.53. The smallest absolute Gasteiger partial charge is 0.325 e. The molecule has 0 saturated carbocycles. The van der Waals surface area contributed by atoms with Gasteiger partial charge < -0.3 is 9.84 Å². The number of esters is 1. The highest BCUT2D eigenvalue weighted by Crippen LogP contribution is 2.10. The van der Waals surface area contributed by atoms with Gasteiger partial charge in [0.1, 0.15) is 5.75 Å². The second-order valence-electron chi connectivity index (χ2n) is 4.02. The van der Waals surface area contributed by atoms with Crippen LogP contribution < -0.4 is 4.72 Å². The summed E-state index contributed by atoms with van der Waals surface area (Å²) in [5.74, 6) is -0.638. The minimum absolute atomic E-state index is 0.156. The van der Waals surface area contributed by atoms with Gasteiger partial charge in [0, 0.05) is 6.54 Å². The van der Waals surface area contributed by atoms with E-state index < -0.39 is 21.2 Å². The quantitative estimate of drug-likeness (QED) is 0.740. The largest absolute Gasteiger partial charge is 0.508 e. The van der Waals surface area contributed by atoms with Crippen molar-refractivity contribution in [2.24, 2.45) is 0 Å². The number of phenolic OH excluding ortho intramolecular Hbond substituents is 1. The molecule has 19 heavy (non-hydrogen) atoms. The Hall–Kier alpha value is -1.60. The number of benzene rings is 1. The molecule has 7 heteroatoms. The summed E-state index contributed by atoms with van der Waals surface area (Å²) < 4.78 is 30.2. The molecular formula is C12H17NO5S. The fraction of sp³-hybridized carbons (Fsp3) is 0.417. The van der Waals surface area contributed by atoms with E-state index in [1.807, 2.05) is 0 Å². The van der Waals surface area contributed by atoms with Crippen LogP contribution in [-0.4, -0.2) is 38.4 Å². The lowest BCUT2D eigenvalue weighted by molar-refractivity contribution is -0.139. The maximum atomic E-state index is 11.7. The van der Waals surface area contributed by atoms with E-state index >= 15 is 0 Å². The van der Waals surface area contributed by atoms with Gasteiger partial charge in [0.2, 0.25) is 10.0 Å². The monoisotopic (exact) mass is 287 g/mol. The number of sulfonamides is 1. The SMILES string of the molecule is COC(=O)C(C)S(=O)(=O)NCCc1ccc(O)cc1. The van der Waals surface area contributed by atoms with Crippen molar-refractivity contribution in [3.63, 3.8) is 0 Å². The highest BCUT2D eigenvalue weighted by molar-refractivity contribution is 7.90. The summed E-state index contributed by atoms with van der Waals surface area (Å²) in [7, 11) is -2.58. The standard InChI is InChI=1S/C12H17NO5S/c1-9(12(15)18-2)19(16,17)13-8-7-10-3-5-11(14)6-4-10/h3-6,9,13-14H,7-8H2,1-2H3. The summed E-state index contributed by atoms with van der Waals surface area (Å²) in [6.45, 7) is 1.45. The van der Waals surface area contributed by atoms with Gasteiger partial charge in [-0.3, -0.25) is 4.79 Å². The number of hydrogen-bond acceptors (Lipinski definition) is 5. The molecule has 0 bridgehead atoms. The highest BCUT2D eigenvalue weighted by atomic mass is 32.2. The average Bonchev–Trinajstić information content (AvgIpc) is 2.39. The van der Waals surface area contributed by atoms with Gasteiger partial charge in [-0.1, -0.05) is 12.1 Å². The molecule has 0 radical (unpaired) electrons. The number of carbonyl (C=O) groups is 1. The third-order valence-electron chi connectivity index (χ3n) is 2.65. The summed E-state index contributed by atoms with van der Waals surface area (Å²) in [6, 6.07) is 6.46. The van der Waals surface area contributed by atoms with E-state index in [1.54, 1.807) is 12.1 Å². The molecule has 1 atom stereocenters. The summed E-state index contributed by atoms with van der Waals surface area (Å²) in [5, 5.41) is 7.87. The normalized spacial score (nSPS) is 12.9. The average molecular weight is 287 g/mol. The number of methoxy groups -OCH3 is 1. The van der Waals surface area contributed by atoms with E-state index in [-0.39, 0.29) is 12.3 Å². The molecule has 0 amide bonds. The molecule has 0 aromatic heterocycles. The van der Waals surface area contributed by atoms with Gasteiger partial charge in [0.15, 0.2) is 5.25 Å². The molecule has 1 rings (SSSR count). The zero-order valence-corrected chi connectivity index (χ0v) is 11.6. The van der Waals surface area contributed by atoms with Crippen LogP contribution in [0.3, 0.4) is 0 Å². The van der Waals surface area contributed by atoms with Crippen LogP contribution >= 0.6 is 0 Å². The first-order valence-electron chi connectivity index (χ1n) is 5.71. The van der Waals surface area contributed by atoms with Crippen LogP contribution in [0.25, 0.3) is 0 Å². The lowest BCUT2D eigenvalue weighted by atomic mass is 10.1. The van der Waals surface area contributed by atoms with Crippen LogP contribution in [0, 0.1) is 0 Å². The van der Waals surface area contributed by atoms with Crippen molar-refractivity contribution in [3.05, 3.63) is 29.8 Å². The van der Waals surface area contributed by atoms with Crippen LogP contribution in [0.4, 0.5) is 0 Å². The summed E-state index contributed by atoms with van der Waals surface area (Å²) in [6.07, 6.45) is 0.466. The fourth-order valence-corrected chi connectivity index (χ4v) is 2.40. The first-order valence-corrected chi connectivity index (χ1v) is 7.25. The Balaban J connectivity index is 2.52. The topological polar surface area (TPSA) is 92.7 Å². The number of aromatic hydroxyl groups is 1. The van der Waals surface area contributed by atoms with Crippen LogP contribution in [0.15, 0.2) is 24.3 Å². The molecule has 2 N–H and O–H groups in total. The second-order valence-corrected chi connectivity index (χ2v) is 6.11. The Morgan fingerprint density at radius 1 is 1.37 bits per heavy atom. The Morgan fingerprint density at radius 2 is 1.95 bits per heavy atom. The number of carbonyl (C=O) groups excluding carboxylic acids is 1. The molecule has 0 aliphatic heterocycles. The van der Waals surface area contributed by atoms with E-state index in [2.05, 4.69) is 9.46 Å². The van der Waals surface area contributed by atoms with Gasteiger partial charge in [-0.05, 0) is 31.0 Å². The van der Waals surface area contributed by atoms with Crippen LogP contribution in [0.5, 0.6) is 5.75 Å². The number of nitrogens with one attached hydrogen (secondary N) is 1. The predicted molar refractivity (Wildman–Crippen MR) is 70.2 cm³/mol. The Morgan fingerprint density at radius 3 is 2.47 bits per heavy atom. The maximum Gasteiger partial charge on any atom is 0.325 e. The Bertz CT molecular complexity index is 524. The van der Waals surface area contributed by atoms with E-state index in [0.717, 1.165) is 12.7 Å². The number of phenols is 1. The molecule has 0 heterocycles. The lowest BCUT2D eigenvalue weighted by Crippen LogP contribution is -2.39. The third-order valence-corrected chi connectivity index (χ3v) is 4.38. The minimum Gasteiger partial charge on any atom is -0.508 e. The van der Waals surface area contributed by atoms with E-state index in [9.17, 15) is 13.2 Å². The van der Waals surface area contributed by atoms with Crippen molar-refractivity contribution < 1.29 is 23.1 Å². The number of ether oxygens (including phenoxy) is 1. The summed E-state index contributed by atoms with van der Waals surface area (Å²) in [5.41, 5.74) is 0.881. The molecule has 6 nitrogen and oxygen atoms in total. The maximum absolute atomic E-state index is 11.7. The lowest BCUT2D eigenvalue weighted by Gasteiger charge is -2.11. The van der Waals surface area contributed by atoms with E-state index in [0.29, 0.717) is 6.42 Å². The van der Waals surface area contributed by atoms with Gasteiger partial charge in [0.25, 0.3) is 0 Å². The number of rotatable bonds is 6. The first kappa shape index (κ1) is 15.5. The minimum atomic E-state index is -3.72. The molecule has 0 spiro atoms. The molecule has 106 valence electrons. The zero-order chi connectivity index (χ0) is 14.5. The van der Waals surface area contributed by atoms with Gasteiger partial charge in [-0.2, -0.15) is 0 Å². The second kappa shape index (κ2) is 6.53. The van der Waals surface area contributed by atoms with Crippen molar-refractivity contribution in [2.75, 3.05) is 13.7 Å². The molecule has 1 aromatic rings. The molecule has 1 unspecified atom stereocenters. The summed E-state index contributed by atoms with van der Waals surface area (Å²) >= 11 is 0. The van der Waals surface area contributed by atoms with Gasteiger partial charge in [-0.25, -0.2) is 13.1 Å². The fourth-order valence-electron chi connectivity index (χ4n) is 1.42. The molecule has 0 aliphatic carbocycles. The van der Waals surface area contributed by atoms with Crippen molar-refractivity contribution in [2.45, 2.75) is 18.6 Å². The van der Waals surface area contributed by atoms with Crippen molar-refractivity contribution in [3.8, 4) is 5.75 Å². The van der Waals surface area contributed by atoms with Gasteiger partial charge in [0.05, 0.1) is 7.11 Å². The highest BCUT2D eigenvalue weighted by Gasteiger charge is 2.28. The Kier molecular flexibility index (Phi) is 5.31. The van der Waals surface area contributed by atoms with E-state index in [4.69, 9.17) is 5.11 Å². The van der Waals surface area contributed by atoms with Crippen molar-refractivity contribution in [1.29, 1.82) is 0 Å². The van der Waals surface area contributed by atoms with Crippen LogP contribution in [-0.2, 0) is 26.0 Å². The molecule has 1 aromatic carbocycles. The zero-order valence-electron chi connectivity index (χ0n) is 10.8. The number of hydrogen-bond donors (Lipinski definition) is 2. The van der Waals surface area contributed by atoms with Crippen molar-refractivity contribution in [1.82, 2.24) is 4.72 Å². The predicted octanol–water partition coefficient (Wildman–Crippen LogP) is 0.416. The molecular weight excluding hydrogens is 270 g/mol. The van der Waals surface area contributed by atoms with Gasteiger partial charge >= 0.3 is 5.97 Å². The van der Waals surface area contributed by atoms with Gasteiger partial charge in [-0.15, -0.1) is 0 Å². The van der Waals surface area contributed by atoms with Crippen molar-refractivity contribution >= 4 is 16.0 Å². The molecule has 0 aliphatic rings. The van der Waals surface area contributed by atoms with Crippen LogP contribution in [0.1, 0.15) is 12.5 Å². The Labute approximate surface area is 112 Å². The molecule has 0 saturated heterocycles. The van der Waals surface area contributed by atoms with E-state index in [1.165, 1.54) is 19.1 Å². The first-order chi connectivity index (χ1) is 8.86.